The lowest BCUT2D eigenvalue weighted by molar-refractivity contribution is 0.0702. The number of nitriles is 1. The van der Waals surface area contributed by atoms with Crippen molar-refractivity contribution < 1.29 is 13.2 Å². The van der Waals surface area contributed by atoms with Crippen LogP contribution in [0.15, 0.2) is 53.4 Å². The molecule has 0 aliphatic carbocycles. The summed E-state index contributed by atoms with van der Waals surface area (Å²) in [6.07, 6.45) is 1.02. The van der Waals surface area contributed by atoms with Gasteiger partial charge in [-0.1, -0.05) is 32.0 Å². The smallest absolute Gasteiger partial charge is 0.254 e. The van der Waals surface area contributed by atoms with E-state index < -0.39 is 10.0 Å². The lowest BCUT2D eigenvalue weighted by Crippen LogP contribution is -2.42. The first-order valence-electron chi connectivity index (χ1n) is 11.1. The molecule has 7 heteroatoms. The Labute approximate surface area is 191 Å². The van der Waals surface area contributed by atoms with Crippen LogP contribution < -0.4 is 0 Å². The summed E-state index contributed by atoms with van der Waals surface area (Å²) in [6, 6.07) is 15.4. The number of piperidine rings is 1. The predicted molar refractivity (Wildman–Crippen MR) is 124 cm³/mol. The van der Waals surface area contributed by atoms with E-state index in [4.69, 9.17) is 5.26 Å². The summed E-state index contributed by atoms with van der Waals surface area (Å²) in [5.41, 5.74) is 1.83. The highest BCUT2D eigenvalue weighted by Gasteiger charge is 2.32. The minimum Gasteiger partial charge on any atom is -0.332 e. The molecule has 0 aromatic heterocycles. The number of hydrogen-bond donors (Lipinski definition) is 0. The van der Waals surface area contributed by atoms with Crippen molar-refractivity contribution in [1.29, 1.82) is 5.26 Å². The number of nitrogens with zero attached hydrogens (tertiary/aromatic N) is 3. The van der Waals surface area contributed by atoms with Crippen molar-refractivity contribution in [2.24, 2.45) is 11.8 Å². The molecule has 1 aliphatic rings. The van der Waals surface area contributed by atoms with Gasteiger partial charge in [-0.2, -0.15) is 9.57 Å². The van der Waals surface area contributed by atoms with Crippen LogP contribution in [0.4, 0.5) is 0 Å². The molecule has 6 nitrogen and oxygen atoms in total. The highest BCUT2D eigenvalue weighted by molar-refractivity contribution is 7.89. The molecule has 32 heavy (non-hydrogen) atoms. The fourth-order valence-corrected chi connectivity index (χ4v) is 6.24. The molecule has 1 heterocycles. The summed E-state index contributed by atoms with van der Waals surface area (Å²) in [7, 11) is -3.66. The van der Waals surface area contributed by atoms with Crippen LogP contribution in [0.25, 0.3) is 0 Å². The second kappa shape index (κ2) is 9.85. The third kappa shape index (κ3) is 5.03. The van der Waals surface area contributed by atoms with Crippen molar-refractivity contribution in [1.82, 2.24) is 9.21 Å². The Balaban J connectivity index is 1.86. The molecule has 0 spiro atoms. The maximum atomic E-state index is 13.3. The van der Waals surface area contributed by atoms with Crippen LogP contribution >= 0.6 is 0 Å². The van der Waals surface area contributed by atoms with E-state index in [1.807, 2.05) is 26.0 Å². The van der Waals surface area contributed by atoms with Crippen molar-refractivity contribution in [3.8, 4) is 6.07 Å². The number of hydrogen-bond acceptors (Lipinski definition) is 4. The first-order valence-corrected chi connectivity index (χ1v) is 12.5. The van der Waals surface area contributed by atoms with Crippen LogP contribution in [0.1, 0.15) is 61.6 Å². The van der Waals surface area contributed by atoms with Crippen molar-refractivity contribution in [3.63, 3.8) is 0 Å². The van der Waals surface area contributed by atoms with Crippen molar-refractivity contribution >= 4 is 15.9 Å². The molecule has 2 aromatic carbocycles. The number of carbonyl (C=O) groups is 1. The largest absolute Gasteiger partial charge is 0.332 e. The SMILES string of the molecule is CCN(C(=O)c1cccc(S(=O)(=O)N2CC(C)CC(C)C2)c1)C(C)c1ccc(C#N)cc1. The van der Waals surface area contributed by atoms with Crippen molar-refractivity contribution in [2.75, 3.05) is 19.6 Å². The minimum atomic E-state index is -3.66. The molecule has 0 bridgehead atoms. The van der Waals surface area contributed by atoms with E-state index in [2.05, 4.69) is 19.9 Å². The standard InChI is InChI=1S/C25H31N3O3S/c1-5-28(20(4)22-11-9-21(15-26)10-12-22)25(29)23-7-6-8-24(14-23)32(30,31)27-16-18(2)13-19(3)17-27/h6-12,14,18-20H,5,13,16-17H2,1-4H3. The lowest BCUT2D eigenvalue weighted by Gasteiger charge is -2.34. The molecule has 0 N–H and O–H groups in total. The average molecular weight is 454 g/mol. The van der Waals surface area contributed by atoms with Crippen LogP contribution in [0, 0.1) is 23.2 Å². The second-order valence-electron chi connectivity index (χ2n) is 8.80. The van der Waals surface area contributed by atoms with Gasteiger partial charge in [0.25, 0.3) is 5.91 Å². The van der Waals surface area contributed by atoms with E-state index in [-0.39, 0.29) is 16.8 Å². The Kier molecular flexibility index (Phi) is 7.37. The van der Waals surface area contributed by atoms with Crippen LogP contribution in [-0.2, 0) is 10.0 Å². The van der Waals surface area contributed by atoms with Gasteiger partial charge in [0, 0.05) is 25.2 Å². The number of benzene rings is 2. The summed E-state index contributed by atoms with van der Waals surface area (Å²) in [5.74, 6) is 0.395. The average Bonchev–Trinajstić information content (AvgIpc) is 2.79. The van der Waals surface area contributed by atoms with Crippen molar-refractivity contribution in [2.45, 2.75) is 45.1 Å². The lowest BCUT2D eigenvalue weighted by atomic mass is 9.94. The van der Waals surface area contributed by atoms with E-state index in [0.717, 1.165) is 12.0 Å². The van der Waals surface area contributed by atoms with E-state index in [1.54, 1.807) is 39.5 Å². The summed E-state index contributed by atoms with van der Waals surface area (Å²) in [4.78, 5) is 15.2. The summed E-state index contributed by atoms with van der Waals surface area (Å²) in [5, 5.41) is 9.01. The van der Waals surface area contributed by atoms with Crippen LogP contribution in [0.3, 0.4) is 0 Å². The van der Waals surface area contributed by atoms with Crippen molar-refractivity contribution in [3.05, 3.63) is 65.2 Å². The molecule has 3 atom stereocenters. The Hall–Kier alpha value is -2.69. The second-order valence-corrected chi connectivity index (χ2v) is 10.7. The Bertz CT molecular complexity index is 1100. The van der Waals surface area contributed by atoms with Gasteiger partial charge in [-0.05, 0) is 68.0 Å². The molecular weight excluding hydrogens is 422 g/mol. The van der Waals surface area contributed by atoms with Crippen LogP contribution in [-0.4, -0.2) is 43.2 Å². The first kappa shape index (κ1) is 24.0. The molecular formula is C25H31N3O3S. The molecule has 1 fully saturated rings. The van der Waals surface area contributed by atoms with Gasteiger partial charge in [-0.3, -0.25) is 4.79 Å². The Morgan fingerprint density at radius 3 is 2.34 bits per heavy atom. The molecule has 1 aliphatic heterocycles. The van der Waals surface area contributed by atoms with Gasteiger partial charge < -0.3 is 4.90 Å². The van der Waals surface area contributed by atoms with Gasteiger partial charge in [0.05, 0.1) is 22.6 Å². The highest BCUT2D eigenvalue weighted by Crippen LogP contribution is 2.28. The van der Waals surface area contributed by atoms with Crippen LogP contribution in [0.2, 0.25) is 0 Å². The third-order valence-corrected chi connectivity index (χ3v) is 7.97. The summed E-state index contributed by atoms with van der Waals surface area (Å²) in [6.45, 7) is 9.44. The number of sulfonamides is 1. The number of amides is 1. The third-order valence-electron chi connectivity index (χ3n) is 6.15. The maximum absolute atomic E-state index is 13.3. The Morgan fingerprint density at radius 1 is 1.16 bits per heavy atom. The zero-order valence-electron chi connectivity index (χ0n) is 19.2. The van der Waals surface area contributed by atoms with E-state index in [0.29, 0.717) is 42.6 Å². The topological polar surface area (TPSA) is 81.5 Å². The van der Waals surface area contributed by atoms with Gasteiger partial charge in [-0.25, -0.2) is 8.42 Å². The fourth-order valence-electron chi connectivity index (χ4n) is 4.52. The zero-order chi connectivity index (χ0) is 23.5. The summed E-state index contributed by atoms with van der Waals surface area (Å²) >= 11 is 0. The Morgan fingerprint density at radius 2 is 1.78 bits per heavy atom. The molecule has 3 rings (SSSR count). The molecule has 1 amide bonds. The summed E-state index contributed by atoms with van der Waals surface area (Å²) < 4.78 is 28.1. The minimum absolute atomic E-state index is 0.159. The number of carbonyl (C=O) groups excluding carboxylic acids is 1. The zero-order valence-corrected chi connectivity index (χ0v) is 20.0. The van der Waals surface area contributed by atoms with Gasteiger partial charge in [-0.15, -0.1) is 0 Å². The van der Waals surface area contributed by atoms with E-state index in [1.165, 1.54) is 6.07 Å². The molecule has 0 saturated carbocycles. The molecule has 3 unspecified atom stereocenters. The molecule has 2 aromatic rings. The predicted octanol–water partition coefficient (Wildman–Crippen LogP) is 4.45. The molecule has 1 saturated heterocycles. The molecule has 0 radical (unpaired) electrons. The van der Waals surface area contributed by atoms with Gasteiger partial charge in [0.15, 0.2) is 0 Å². The number of rotatable bonds is 6. The quantitative estimate of drug-likeness (QED) is 0.647. The normalized spacial score (nSPS) is 20.3. The maximum Gasteiger partial charge on any atom is 0.254 e. The van der Waals surface area contributed by atoms with Crippen LogP contribution in [0.5, 0.6) is 0 Å². The van der Waals surface area contributed by atoms with Gasteiger partial charge in [0.1, 0.15) is 0 Å². The highest BCUT2D eigenvalue weighted by atomic mass is 32.2. The van der Waals surface area contributed by atoms with Gasteiger partial charge >= 0.3 is 0 Å². The fraction of sp³-hybridized carbons (Fsp3) is 0.440. The van der Waals surface area contributed by atoms with Gasteiger partial charge in [0.2, 0.25) is 10.0 Å². The molecule has 170 valence electrons. The van der Waals surface area contributed by atoms with E-state index >= 15 is 0 Å². The first-order chi connectivity index (χ1) is 15.2. The monoisotopic (exact) mass is 453 g/mol. The van der Waals surface area contributed by atoms with E-state index in [9.17, 15) is 13.2 Å².